The van der Waals surface area contributed by atoms with E-state index in [0.717, 1.165) is 56.5 Å². The van der Waals surface area contributed by atoms with Crippen LogP contribution in [-0.4, -0.2) is 53.6 Å². The minimum Gasteiger partial charge on any atom is -0.472 e. The Hall–Kier alpha value is -2.28. The van der Waals surface area contributed by atoms with Gasteiger partial charge in [-0.15, -0.1) is 0 Å². The van der Waals surface area contributed by atoms with Crippen LogP contribution in [0.25, 0.3) is 0 Å². The maximum Gasteiger partial charge on any atom is 0.194 e. The molecule has 23 heavy (non-hydrogen) atoms. The van der Waals surface area contributed by atoms with Crippen molar-refractivity contribution >= 4 is 5.96 Å². The largest absolute Gasteiger partial charge is 0.472 e. The maximum atomic E-state index is 5.09. The molecule has 1 N–H and O–H groups in total. The molecule has 0 amide bonds. The number of rotatable bonds is 5. The third-order valence-electron chi connectivity index (χ3n) is 3.88. The molecule has 0 atom stereocenters. The molecule has 2 aromatic rings. The number of furan rings is 1. The number of aromatic nitrogens is 1. The van der Waals surface area contributed by atoms with Crippen molar-refractivity contribution in [3.63, 3.8) is 0 Å². The van der Waals surface area contributed by atoms with Gasteiger partial charge in [0.1, 0.15) is 6.26 Å². The van der Waals surface area contributed by atoms with Crippen molar-refractivity contribution in [1.82, 2.24) is 20.3 Å². The summed E-state index contributed by atoms with van der Waals surface area (Å²) in [6.45, 7) is 8.32. The van der Waals surface area contributed by atoms with Gasteiger partial charge in [-0.3, -0.25) is 4.90 Å². The van der Waals surface area contributed by atoms with Crippen LogP contribution in [-0.2, 0) is 13.1 Å². The predicted octanol–water partition coefficient (Wildman–Crippen LogP) is 1.55. The third kappa shape index (κ3) is 4.35. The van der Waals surface area contributed by atoms with Crippen LogP contribution >= 0.6 is 0 Å². The van der Waals surface area contributed by atoms with Gasteiger partial charge in [-0.05, 0) is 13.0 Å². The molecule has 1 aliphatic heterocycles. The predicted molar refractivity (Wildman–Crippen MR) is 86.9 cm³/mol. The molecule has 0 aromatic carbocycles. The number of aliphatic imine (C=N–C) groups is 1. The summed E-state index contributed by atoms with van der Waals surface area (Å²) >= 11 is 0. The number of hydrogen-bond acceptors (Lipinski definition) is 5. The van der Waals surface area contributed by atoms with Crippen LogP contribution in [0.1, 0.15) is 18.2 Å². The van der Waals surface area contributed by atoms with Gasteiger partial charge in [0, 0.05) is 50.9 Å². The van der Waals surface area contributed by atoms with Crippen LogP contribution in [0.15, 0.2) is 44.9 Å². The smallest absolute Gasteiger partial charge is 0.194 e. The summed E-state index contributed by atoms with van der Waals surface area (Å²) < 4.78 is 9.98. The molecule has 2 aromatic heterocycles. The Morgan fingerprint density at radius 2 is 2.13 bits per heavy atom. The first-order chi connectivity index (χ1) is 11.3. The van der Waals surface area contributed by atoms with E-state index in [9.17, 15) is 0 Å². The Morgan fingerprint density at radius 1 is 1.26 bits per heavy atom. The number of guanidine groups is 1. The van der Waals surface area contributed by atoms with Gasteiger partial charge in [-0.2, -0.15) is 0 Å². The molecule has 7 nitrogen and oxygen atoms in total. The molecular formula is C16H23N5O2. The fourth-order valence-corrected chi connectivity index (χ4v) is 2.64. The van der Waals surface area contributed by atoms with Crippen LogP contribution in [0.3, 0.4) is 0 Å². The summed E-state index contributed by atoms with van der Waals surface area (Å²) in [5.41, 5.74) is 2.07. The van der Waals surface area contributed by atoms with Crippen molar-refractivity contribution in [2.24, 2.45) is 4.99 Å². The molecule has 0 aliphatic carbocycles. The van der Waals surface area contributed by atoms with Gasteiger partial charge in [0.2, 0.25) is 0 Å². The zero-order valence-electron chi connectivity index (χ0n) is 13.4. The zero-order chi connectivity index (χ0) is 15.9. The van der Waals surface area contributed by atoms with Crippen LogP contribution in [0, 0.1) is 0 Å². The Bertz CT molecular complexity index is 586. The maximum absolute atomic E-state index is 5.09. The molecule has 1 aliphatic rings. The van der Waals surface area contributed by atoms with Gasteiger partial charge in [0.25, 0.3) is 0 Å². The van der Waals surface area contributed by atoms with E-state index in [2.05, 4.69) is 27.2 Å². The molecule has 124 valence electrons. The van der Waals surface area contributed by atoms with Crippen LogP contribution in [0.2, 0.25) is 0 Å². The summed E-state index contributed by atoms with van der Waals surface area (Å²) in [5.74, 6) is 0.967. The van der Waals surface area contributed by atoms with Crippen molar-refractivity contribution in [3.8, 4) is 0 Å². The zero-order valence-corrected chi connectivity index (χ0v) is 13.4. The van der Waals surface area contributed by atoms with Crippen molar-refractivity contribution in [1.29, 1.82) is 0 Å². The summed E-state index contributed by atoms with van der Waals surface area (Å²) in [6, 6.07) is 3.87. The molecule has 1 fully saturated rings. The number of nitrogens with zero attached hydrogens (tertiary/aromatic N) is 4. The summed E-state index contributed by atoms with van der Waals surface area (Å²) in [5, 5.41) is 7.35. The van der Waals surface area contributed by atoms with Crippen molar-refractivity contribution < 1.29 is 8.94 Å². The number of hydrogen-bond donors (Lipinski definition) is 1. The highest BCUT2D eigenvalue weighted by atomic mass is 16.5. The van der Waals surface area contributed by atoms with Gasteiger partial charge in [0.15, 0.2) is 5.96 Å². The summed E-state index contributed by atoms with van der Waals surface area (Å²) in [6.07, 6.45) is 5.04. The first-order valence-electron chi connectivity index (χ1n) is 8.01. The Balaban J connectivity index is 1.53. The van der Waals surface area contributed by atoms with Gasteiger partial charge < -0.3 is 19.2 Å². The number of nitrogens with one attached hydrogen (secondary N) is 1. The second-order valence-corrected chi connectivity index (χ2v) is 5.56. The topological polar surface area (TPSA) is 70.0 Å². The molecule has 0 unspecified atom stereocenters. The lowest BCUT2D eigenvalue weighted by atomic mass is 10.3. The first-order valence-corrected chi connectivity index (χ1v) is 8.01. The first kappa shape index (κ1) is 15.6. The lowest BCUT2D eigenvalue weighted by molar-refractivity contribution is 0.169. The highest BCUT2D eigenvalue weighted by Crippen LogP contribution is 2.08. The van der Waals surface area contributed by atoms with Crippen LogP contribution < -0.4 is 5.32 Å². The molecule has 1 saturated heterocycles. The molecule has 0 spiro atoms. The van der Waals surface area contributed by atoms with E-state index >= 15 is 0 Å². The molecule has 3 rings (SSSR count). The molecule has 0 bridgehead atoms. The molecule has 0 radical (unpaired) electrons. The van der Waals surface area contributed by atoms with E-state index in [-0.39, 0.29) is 0 Å². The standard InChI is InChI=1S/C16H23N5O2/c1-2-17-16(18-11-14-3-9-22-13-14)21-7-5-20(6-8-21)12-15-4-10-23-19-15/h3-4,9-10,13H,2,5-8,11-12H2,1H3,(H,17,18). The van der Waals surface area contributed by atoms with Crippen molar-refractivity contribution in [3.05, 3.63) is 42.2 Å². The summed E-state index contributed by atoms with van der Waals surface area (Å²) in [4.78, 5) is 9.40. The van der Waals surface area contributed by atoms with Gasteiger partial charge in [-0.1, -0.05) is 5.16 Å². The average molecular weight is 317 g/mol. The number of piperazine rings is 1. The minimum absolute atomic E-state index is 0.637. The van der Waals surface area contributed by atoms with Gasteiger partial charge >= 0.3 is 0 Å². The summed E-state index contributed by atoms with van der Waals surface area (Å²) in [7, 11) is 0. The Kier molecular flexibility index (Phi) is 5.31. The monoisotopic (exact) mass is 317 g/mol. The highest BCUT2D eigenvalue weighted by molar-refractivity contribution is 5.80. The van der Waals surface area contributed by atoms with Gasteiger partial charge in [-0.25, -0.2) is 4.99 Å². The quantitative estimate of drug-likeness (QED) is 0.666. The Labute approximate surface area is 135 Å². The van der Waals surface area contributed by atoms with Crippen molar-refractivity contribution in [2.45, 2.75) is 20.0 Å². The highest BCUT2D eigenvalue weighted by Gasteiger charge is 2.20. The molecule has 3 heterocycles. The van der Waals surface area contributed by atoms with Gasteiger partial charge in [0.05, 0.1) is 24.8 Å². The van der Waals surface area contributed by atoms with E-state index in [1.165, 1.54) is 0 Å². The lowest BCUT2D eigenvalue weighted by Gasteiger charge is -2.36. The minimum atomic E-state index is 0.637. The van der Waals surface area contributed by atoms with E-state index in [1.807, 2.05) is 12.1 Å². The SMILES string of the molecule is CCNC(=NCc1ccoc1)N1CCN(Cc2ccon2)CC1. The normalized spacial score (nSPS) is 16.7. The molecule has 0 saturated carbocycles. The molecular weight excluding hydrogens is 294 g/mol. The van der Waals surface area contributed by atoms with E-state index in [4.69, 9.17) is 13.9 Å². The van der Waals surface area contributed by atoms with Crippen LogP contribution in [0.4, 0.5) is 0 Å². The van der Waals surface area contributed by atoms with E-state index in [1.54, 1.807) is 18.8 Å². The van der Waals surface area contributed by atoms with E-state index < -0.39 is 0 Å². The second-order valence-electron chi connectivity index (χ2n) is 5.56. The average Bonchev–Trinajstić information content (AvgIpc) is 3.26. The van der Waals surface area contributed by atoms with E-state index in [0.29, 0.717) is 6.54 Å². The third-order valence-corrected chi connectivity index (χ3v) is 3.88. The van der Waals surface area contributed by atoms with Crippen LogP contribution in [0.5, 0.6) is 0 Å². The fourth-order valence-electron chi connectivity index (χ4n) is 2.64. The molecule has 7 heteroatoms. The lowest BCUT2D eigenvalue weighted by Crippen LogP contribution is -2.52. The van der Waals surface area contributed by atoms with Crippen molar-refractivity contribution in [2.75, 3.05) is 32.7 Å². The fraction of sp³-hybridized carbons (Fsp3) is 0.500. The second kappa shape index (κ2) is 7.82. The Morgan fingerprint density at radius 3 is 2.78 bits per heavy atom.